The molecule has 0 amide bonds. The molecule has 1 aliphatic heterocycles. The van der Waals surface area contributed by atoms with Crippen LogP contribution in [-0.4, -0.2) is 30.7 Å². The summed E-state index contributed by atoms with van der Waals surface area (Å²) in [5.41, 5.74) is 8.00. The Morgan fingerprint density at radius 1 is 1.16 bits per heavy atom. The molecule has 0 atom stereocenters. The zero-order valence-electron chi connectivity index (χ0n) is 11.6. The van der Waals surface area contributed by atoms with Gasteiger partial charge in [-0.25, -0.2) is 0 Å². The smallest absolute Gasteiger partial charge is 0.0599 e. The first-order valence-corrected chi connectivity index (χ1v) is 7.48. The van der Waals surface area contributed by atoms with Crippen molar-refractivity contribution < 1.29 is 4.74 Å². The molecule has 0 unspecified atom stereocenters. The zero-order valence-corrected chi connectivity index (χ0v) is 11.6. The first-order valence-electron chi connectivity index (χ1n) is 7.48. The molecule has 104 valence electrons. The van der Waals surface area contributed by atoms with Crippen molar-refractivity contribution in [1.82, 2.24) is 4.90 Å². The van der Waals surface area contributed by atoms with E-state index in [0.29, 0.717) is 6.10 Å². The second kappa shape index (κ2) is 5.93. The number of nitrogens with two attached hydrogens (primary N) is 1. The molecule has 1 saturated heterocycles. The van der Waals surface area contributed by atoms with Crippen LogP contribution in [0.4, 0.5) is 5.69 Å². The van der Waals surface area contributed by atoms with Gasteiger partial charge in [0.1, 0.15) is 0 Å². The Balaban J connectivity index is 1.42. The highest BCUT2D eigenvalue weighted by molar-refractivity contribution is 5.40. The molecule has 3 heteroatoms. The second-order valence-corrected chi connectivity index (χ2v) is 6.00. The molecule has 1 heterocycles. The van der Waals surface area contributed by atoms with Gasteiger partial charge in [0, 0.05) is 31.9 Å². The van der Waals surface area contributed by atoms with Gasteiger partial charge in [0.05, 0.1) is 6.10 Å². The van der Waals surface area contributed by atoms with E-state index in [4.69, 9.17) is 10.5 Å². The molecular weight excluding hydrogens is 236 g/mol. The van der Waals surface area contributed by atoms with E-state index in [9.17, 15) is 0 Å². The number of hydrogen-bond acceptors (Lipinski definition) is 3. The summed E-state index contributed by atoms with van der Waals surface area (Å²) in [6.07, 6.45) is 5.62. The Labute approximate surface area is 115 Å². The summed E-state index contributed by atoms with van der Waals surface area (Å²) in [5.74, 6) is 0.880. The van der Waals surface area contributed by atoms with Gasteiger partial charge in [0.25, 0.3) is 0 Å². The van der Waals surface area contributed by atoms with Gasteiger partial charge in [0.2, 0.25) is 0 Å². The molecule has 1 aromatic rings. The molecule has 2 N–H and O–H groups in total. The van der Waals surface area contributed by atoms with E-state index in [-0.39, 0.29) is 0 Å². The van der Waals surface area contributed by atoms with Gasteiger partial charge in [0.15, 0.2) is 0 Å². The molecule has 2 fully saturated rings. The fraction of sp³-hybridized carbons (Fsp3) is 0.625. The van der Waals surface area contributed by atoms with Crippen LogP contribution in [0.15, 0.2) is 24.3 Å². The van der Waals surface area contributed by atoms with Crippen LogP contribution >= 0.6 is 0 Å². The number of piperidine rings is 1. The molecule has 0 radical (unpaired) electrons. The van der Waals surface area contributed by atoms with E-state index in [2.05, 4.69) is 17.0 Å². The monoisotopic (exact) mass is 260 g/mol. The Morgan fingerprint density at radius 2 is 1.95 bits per heavy atom. The van der Waals surface area contributed by atoms with Crippen LogP contribution in [0.25, 0.3) is 0 Å². The predicted molar refractivity (Wildman–Crippen MR) is 77.8 cm³/mol. The summed E-state index contributed by atoms with van der Waals surface area (Å²) in [7, 11) is 0. The van der Waals surface area contributed by atoms with Gasteiger partial charge in [-0.15, -0.1) is 0 Å². The number of rotatable bonds is 5. The maximum absolute atomic E-state index is 5.98. The third-order valence-corrected chi connectivity index (χ3v) is 4.16. The fourth-order valence-electron chi connectivity index (χ4n) is 2.74. The van der Waals surface area contributed by atoms with E-state index in [1.807, 2.05) is 12.1 Å². The number of ether oxygens (including phenoxy) is 1. The molecule has 1 saturated carbocycles. The predicted octanol–water partition coefficient (Wildman–Crippen LogP) is 2.66. The summed E-state index contributed by atoms with van der Waals surface area (Å²) in [6, 6.07) is 8.22. The average Bonchev–Trinajstić information content (AvgIpc) is 3.22. The lowest BCUT2D eigenvalue weighted by molar-refractivity contribution is 0.000940. The quantitative estimate of drug-likeness (QED) is 0.827. The van der Waals surface area contributed by atoms with Gasteiger partial charge in [-0.1, -0.05) is 12.1 Å². The van der Waals surface area contributed by atoms with Crippen LogP contribution in [0.2, 0.25) is 0 Å². The highest BCUT2D eigenvalue weighted by Crippen LogP contribution is 2.30. The number of benzene rings is 1. The van der Waals surface area contributed by atoms with Crippen molar-refractivity contribution in [1.29, 1.82) is 0 Å². The topological polar surface area (TPSA) is 38.5 Å². The first kappa shape index (κ1) is 12.9. The molecule has 0 aromatic heterocycles. The standard InChI is InChI=1S/C16H24N2O/c17-15-3-1-2-14(10-15)11-18-8-6-16(7-9-18)19-12-13-4-5-13/h1-3,10,13,16H,4-9,11-12,17H2. The maximum Gasteiger partial charge on any atom is 0.0599 e. The molecule has 3 nitrogen and oxygen atoms in total. The van der Waals surface area contributed by atoms with E-state index >= 15 is 0 Å². The molecule has 19 heavy (non-hydrogen) atoms. The van der Waals surface area contributed by atoms with Gasteiger partial charge in [-0.2, -0.15) is 0 Å². The third-order valence-electron chi connectivity index (χ3n) is 4.16. The minimum Gasteiger partial charge on any atom is -0.399 e. The van der Waals surface area contributed by atoms with Gasteiger partial charge >= 0.3 is 0 Å². The molecule has 1 aromatic carbocycles. The van der Waals surface area contributed by atoms with E-state index in [1.54, 1.807) is 0 Å². The highest BCUT2D eigenvalue weighted by atomic mass is 16.5. The van der Waals surface area contributed by atoms with Crippen molar-refractivity contribution in [2.75, 3.05) is 25.4 Å². The third kappa shape index (κ3) is 3.95. The lowest BCUT2D eigenvalue weighted by atomic mass is 10.1. The van der Waals surface area contributed by atoms with Crippen molar-refractivity contribution in [3.8, 4) is 0 Å². The summed E-state index contributed by atoms with van der Waals surface area (Å²) < 4.78 is 5.98. The minimum absolute atomic E-state index is 0.498. The van der Waals surface area contributed by atoms with Crippen molar-refractivity contribution in [2.24, 2.45) is 5.92 Å². The largest absolute Gasteiger partial charge is 0.399 e. The minimum atomic E-state index is 0.498. The van der Waals surface area contributed by atoms with Crippen molar-refractivity contribution in [3.05, 3.63) is 29.8 Å². The van der Waals surface area contributed by atoms with Gasteiger partial charge in [-0.3, -0.25) is 4.90 Å². The number of nitrogen functional groups attached to an aromatic ring is 1. The molecule has 3 rings (SSSR count). The molecule has 2 aliphatic rings. The molecule has 1 aliphatic carbocycles. The summed E-state index contributed by atoms with van der Waals surface area (Å²) in [6.45, 7) is 4.30. The van der Waals surface area contributed by atoms with Crippen LogP contribution in [0.1, 0.15) is 31.2 Å². The number of likely N-dealkylation sites (tertiary alicyclic amines) is 1. The number of hydrogen-bond donors (Lipinski definition) is 1. The lowest BCUT2D eigenvalue weighted by Gasteiger charge is -2.32. The van der Waals surface area contributed by atoms with Crippen LogP contribution in [0.5, 0.6) is 0 Å². The van der Waals surface area contributed by atoms with E-state index in [1.165, 1.54) is 31.2 Å². The van der Waals surface area contributed by atoms with Gasteiger partial charge < -0.3 is 10.5 Å². The van der Waals surface area contributed by atoms with Crippen LogP contribution in [0, 0.1) is 5.92 Å². The molecule has 0 spiro atoms. The van der Waals surface area contributed by atoms with Crippen LogP contribution in [-0.2, 0) is 11.3 Å². The van der Waals surface area contributed by atoms with Crippen LogP contribution < -0.4 is 5.73 Å². The summed E-state index contributed by atoms with van der Waals surface area (Å²) in [5, 5.41) is 0. The summed E-state index contributed by atoms with van der Waals surface area (Å²) in [4.78, 5) is 2.51. The Hall–Kier alpha value is -1.06. The molecular formula is C16H24N2O. The number of nitrogens with zero attached hydrogens (tertiary/aromatic N) is 1. The maximum atomic E-state index is 5.98. The van der Waals surface area contributed by atoms with E-state index < -0.39 is 0 Å². The van der Waals surface area contributed by atoms with Gasteiger partial charge in [-0.05, 0) is 49.3 Å². The average molecular weight is 260 g/mol. The van der Waals surface area contributed by atoms with Crippen molar-refractivity contribution in [3.63, 3.8) is 0 Å². The first-order chi connectivity index (χ1) is 9.29. The zero-order chi connectivity index (χ0) is 13.1. The fourth-order valence-corrected chi connectivity index (χ4v) is 2.74. The normalized spacial score (nSPS) is 21.7. The summed E-state index contributed by atoms with van der Waals surface area (Å²) >= 11 is 0. The van der Waals surface area contributed by atoms with Crippen LogP contribution in [0.3, 0.4) is 0 Å². The molecule has 0 bridgehead atoms. The second-order valence-electron chi connectivity index (χ2n) is 6.00. The number of anilines is 1. The highest BCUT2D eigenvalue weighted by Gasteiger charge is 2.25. The lowest BCUT2D eigenvalue weighted by Crippen LogP contribution is -2.36. The Kier molecular flexibility index (Phi) is 4.04. The van der Waals surface area contributed by atoms with Crippen molar-refractivity contribution in [2.45, 2.75) is 38.3 Å². The Bertz CT molecular complexity index is 409. The van der Waals surface area contributed by atoms with Crippen molar-refractivity contribution >= 4 is 5.69 Å². The SMILES string of the molecule is Nc1cccc(CN2CCC(OCC3CC3)CC2)c1. The Morgan fingerprint density at radius 3 is 2.63 bits per heavy atom. The van der Waals surface area contributed by atoms with E-state index in [0.717, 1.165) is 37.8 Å².